The van der Waals surface area contributed by atoms with Gasteiger partial charge in [0.1, 0.15) is 0 Å². The highest BCUT2D eigenvalue weighted by Crippen LogP contribution is 1.79. The first kappa shape index (κ1) is 8.59. The van der Waals surface area contributed by atoms with Crippen LogP contribution in [0.1, 0.15) is 0 Å². The van der Waals surface area contributed by atoms with Gasteiger partial charge in [0.25, 0.3) is 0 Å². The summed E-state index contributed by atoms with van der Waals surface area (Å²) in [4.78, 5) is 10.0. The second-order valence-electron chi connectivity index (χ2n) is 2.34. The van der Waals surface area contributed by atoms with Crippen LogP contribution >= 0.6 is 0 Å². The highest BCUT2D eigenvalue weighted by molar-refractivity contribution is 5.75. The molecule has 2 N–H and O–H groups in total. The lowest BCUT2D eigenvalue weighted by molar-refractivity contribution is 0.248. The molecule has 0 radical (unpaired) electrons. The first-order valence-electron chi connectivity index (χ1n) is 3.91. The Morgan fingerprint density at radius 2 is 1.17 bits per heavy atom. The van der Waals surface area contributed by atoms with Crippen molar-refractivity contribution in [2.75, 3.05) is 13.1 Å². The molecule has 0 spiro atoms. The molecule has 0 aliphatic carbocycles. The van der Waals surface area contributed by atoms with Crippen LogP contribution in [0.4, 0.5) is 4.79 Å². The summed E-state index contributed by atoms with van der Waals surface area (Å²) >= 11 is 0. The van der Waals surface area contributed by atoms with Crippen LogP contribution in [-0.2, 0) is 0 Å². The van der Waals surface area contributed by atoms with Crippen molar-refractivity contribution in [3.63, 3.8) is 0 Å². The van der Waals surface area contributed by atoms with Crippen LogP contribution in [-0.4, -0.2) is 19.1 Å². The molecular formula is C9H12N2O. The van der Waals surface area contributed by atoms with E-state index in [1.165, 1.54) is 0 Å². The standard InChI is InChI=1S/C6H6.C3H6N2O/c1-2-4-6-5-3-1;6-3-4-1-2-5-3/h1-6H;1-2H2,(H2,4,5,6). The van der Waals surface area contributed by atoms with Crippen molar-refractivity contribution in [1.82, 2.24) is 10.6 Å². The molecule has 0 bridgehead atoms. The fourth-order valence-corrected chi connectivity index (χ4v) is 0.799. The maximum absolute atomic E-state index is 10.0. The third-order valence-corrected chi connectivity index (χ3v) is 1.36. The molecule has 1 saturated heterocycles. The van der Waals surface area contributed by atoms with E-state index in [1.54, 1.807) is 0 Å². The molecule has 1 fully saturated rings. The van der Waals surface area contributed by atoms with Crippen molar-refractivity contribution >= 4 is 6.03 Å². The molecule has 1 aromatic carbocycles. The smallest absolute Gasteiger partial charge is 0.314 e. The summed E-state index contributed by atoms with van der Waals surface area (Å²) < 4.78 is 0. The molecule has 0 atom stereocenters. The third-order valence-electron chi connectivity index (χ3n) is 1.36. The Labute approximate surface area is 71.8 Å². The molecule has 1 aliphatic rings. The summed E-state index contributed by atoms with van der Waals surface area (Å²) in [6.45, 7) is 1.55. The quantitative estimate of drug-likeness (QED) is 0.589. The van der Waals surface area contributed by atoms with Crippen molar-refractivity contribution in [2.45, 2.75) is 0 Å². The number of nitrogens with one attached hydrogen (secondary N) is 2. The number of carbonyl (C=O) groups excluding carboxylic acids is 1. The van der Waals surface area contributed by atoms with E-state index in [0.717, 1.165) is 13.1 Å². The van der Waals surface area contributed by atoms with Gasteiger partial charge in [-0.25, -0.2) is 4.79 Å². The molecule has 0 saturated carbocycles. The van der Waals surface area contributed by atoms with Gasteiger partial charge in [0.05, 0.1) is 0 Å². The van der Waals surface area contributed by atoms with Gasteiger partial charge < -0.3 is 10.6 Å². The third kappa shape index (κ3) is 3.61. The van der Waals surface area contributed by atoms with Crippen LogP contribution in [0.5, 0.6) is 0 Å². The van der Waals surface area contributed by atoms with Crippen LogP contribution in [0.3, 0.4) is 0 Å². The normalized spacial score (nSPS) is 13.8. The molecule has 3 nitrogen and oxygen atoms in total. The second kappa shape index (κ2) is 5.18. The van der Waals surface area contributed by atoms with Crippen molar-refractivity contribution in [3.05, 3.63) is 36.4 Å². The van der Waals surface area contributed by atoms with Crippen molar-refractivity contribution < 1.29 is 4.79 Å². The molecule has 3 heteroatoms. The summed E-state index contributed by atoms with van der Waals surface area (Å²) in [7, 11) is 0. The zero-order valence-electron chi connectivity index (χ0n) is 6.79. The molecule has 12 heavy (non-hydrogen) atoms. The summed E-state index contributed by atoms with van der Waals surface area (Å²) in [5, 5.41) is 5.14. The van der Waals surface area contributed by atoms with Gasteiger partial charge in [0.2, 0.25) is 0 Å². The van der Waals surface area contributed by atoms with E-state index in [1.807, 2.05) is 36.4 Å². The summed E-state index contributed by atoms with van der Waals surface area (Å²) in [5.74, 6) is 0. The molecule has 1 heterocycles. The Balaban J connectivity index is 0.000000120. The van der Waals surface area contributed by atoms with Crippen LogP contribution in [0.25, 0.3) is 0 Å². The molecule has 2 amide bonds. The molecule has 0 unspecified atom stereocenters. The topological polar surface area (TPSA) is 41.1 Å². The molecule has 1 aromatic rings. The lowest BCUT2D eigenvalue weighted by atomic mass is 10.4. The van der Waals surface area contributed by atoms with Gasteiger partial charge in [-0.3, -0.25) is 0 Å². The monoisotopic (exact) mass is 164 g/mol. The van der Waals surface area contributed by atoms with Crippen molar-refractivity contribution in [1.29, 1.82) is 0 Å². The minimum absolute atomic E-state index is 0.0463. The van der Waals surface area contributed by atoms with Crippen LogP contribution < -0.4 is 10.6 Å². The largest absolute Gasteiger partial charge is 0.336 e. The Morgan fingerprint density at radius 3 is 1.33 bits per heavy atom. The number of rotatable bonds is 0. The van der Waals surface area contributed by atoms with E-state index in [-0.39, 0.29) is 6.03 Å². The molecule has 1 aliphatic heterocycles. The summed E-state index contributed by atoms with van der Waals surface area (Å²) in [6, 6.07) is 12.0. The van der Waals surface area contributed by atoms with Crippen molar-refractivity contribution in [2.24, 2.45) is 0 Å². The van der Waals surface area contributed by atoms with Gasteiger partial charge in [-0.15, -0.1) is 0 Å². The number of hydrogen-bond donors (Lipinski definition) is 2. The minimum atomic E-state index is -0.0463. The van der Waals surface area contributed by atoms with Gasteiger partial charge in [0, 0.05) is 13.1 Å². The van der Waals surface area contributed by atoms with Crippen LogP contribution in [0, 0.1) is 0 Å². The highest BCUT2D eigenvalue weighted by Gasteiger charge is 2.02. The van der Waals surface area contributed by atoms with Gasteiger partial charge in [-0.1, -0.05) is 36.4 Å². The molecule has 0 aromatic heterocycles. The maximum Gasteiger partial charge on any atom is 0.314 e. The number of benzene rings is 1. The SMILES string of the molecule is O=C1NCCN1.c1ccccc1. The lowest BCUT2D eigenvalue weighted by Crippen LogP contribution is -2.20. The fraction of sp³-hybridized carbons (Fsp3) is 0.222. The summed E-state index contributed by atoms with van der Waals surface area (Å²) in [6.07, 6.45) is 0. The highest BCUT2D eigenvalue weighted by atomic mass is 16.2. The number of carbonyl (C=O) groups is 1. The maximum atomic E-state index is 10.0. The summed E-state index contributed by atoms with van der Waals surface area (Å²) in [5.41, 5.74) is 0. The van der Waals surface area contributed by atoms with Gasteiger partial charge >= 0.3 is 6.03 Å². The Morgan fingerprint density at radius 1 is 0.833 bits per heavy atom. The fourth-order valence-electron chi connectivity index (χ4n) is 0.799. The zero-order chi connectivity index (χ0) is 8.65. The zero-order valence-corrected chi connectivity index (χ0v) is 6.79. The molecular weight excluding hydrogens is 152 g/mol. The number of amides is 2. The van der Waals surface area contributed by atoms with Gasteiger partial charge in [0.15, 0.2) is 0 Å². The van der Waals surface area contributed by atoms with Crippen molar-refractivity contribution in [3.8, 4) is 0 Å². The van der Waals surface area contributed by atoms with Crippen LogP contribution in [0.2, 0.25) is 0 Å². The Hall–Kier alpha value is -1.51. The second-order valence-corrected chi connectivity index (χ2v) is 2.34. The van der Waals surface area contributed by atoms with E-state index in [9.17, 15) is 4.79 Å². The Kier molecular flexibility index (Phi) is 3.71. The Bertz CT molecular complexity index is 189. The van der Waals surface area contributed by atoms with Crippen LogP contribution in [0.15, 0.2) is 36.4 Å². The van der Waals surface area contributed by atoms with E-state index in [0.29, 0.717) is 0 Å². The van der Waals surface area contributed by atoms with Gasteiger partial charge in [-0.2, -0.15) is 0 Å². The van der Waals surface area contributed by atoms with Gasteiger partial charge in [-0.05, 0) is 0 Å². The van der Waals surface area contributed by atoms with E-state index >= 15 is 0 Å². The van der Waals surface area contributed by atoms with E-state index in [2.05, 4.69) is 10.6 Å². The average Bonchev–Trinajstić information content (AvgIpc) is 2.60. The predicted molar refractivity (Wildman–Crippen MR) is 47.8 cm³/mol. The van der Waals surface area contributed by atoms with E-state index < -0.39 is 0 Å². The number of urea groups is 1. The van der Waals surface area contributed by atoms with E-state index in [4.69, 9.17) is 0 Å². The number of hydrogen-bond acceptors (Lipinski definition) is 1. The first-order chi connectivity index (χ1) is 5.89. The lowest BCUT2D eigenvalue weighted by Gasteiger charge is -1.80. The average molecular weight is 164 g/mol. The molecule has 2 rings (SSSR count). The predicted octanol–water partition coefficient (Wildman–Crippen LogP) is 0.986. The first-order valence-corrected chi connectivity index (χ1v) is 3.91. The minimum Gasteiger partial charge on any atom is -0.336 e. The molecule has 64 valence electrons.